The minimum Gasteiger partial charge on any atom is -0.491 e. The van der Waals surface area contributed by atoms with Gasteiger partial charge in [-0.25, -0.2) is 0 Å². The zero-order valence-electron chi connectivity index (χ0n) is 12.7. The van der Waals surface area contributed by atoms with Crippen LogP contribution in [0.25, 0.3) is 0 Å². The summed E-state index contributed by atoms with van der Waals surface area (Å²) in [4.78, 5) is 1.17. The predicted molar refractivity (Wildman–Crippen MR) is 89.1 cm³/mol. The molecule has 3 heteroatoms. The summed E-state index contributed by atoms with van der Waals surface area (Å²) in [5, 5.41) is 10.4. The fraction of sp³-hybridized carbons (Fsp3) is 0.333. The van der Waals surface area contributed by atoms with E-state index < -0.39 is 6.10 Å². The first kappa shape index (κ1) is 15.9. The topological polar surface area (TPSA) is 29.5 Å². The van der Waals surface area contributed by atoms with Crippen molar-refractivity contribution < 1.29 is 9.84 Å². The van der Waals surface area contributed by atoms with E-state index in [1.54, 1.807) is 11.8 Å². The van der Waals surface area contributed by atoms with Crippen molar-refractivity contribution in [1.82, 2.24) is 0 Å². The molecule has 112 valence electrons. The van der Waals surface area contributed by atoms with Crippen LogP contribution in [0.3, 0.4) is 0 Å². The van der Waals surface area contributed by atoms with Gasteiger partial charge >= 0.3 is 0 Å². The van der Waals surface area contributed by atoms with E-state index in [0.717, 1.165) is 11.3 Å². The van der Waals surface area contributed by atoms with Crippen molar-refractivity contribution in [3.63, 3.8) is 0 Å². The van der Waals surface area contributed by atoms with Gasteiger partial charge in [0.05, 0.1) is 12.2 Å². The van der Waals surface area contributed by atoms with Gasteiger partial charge in [0.2, 0.25) is 0 Å². The van der Waals surface area contributed by atoms with Gasteiger partial charge in [-0.15, -0.1) is 11.8 Å². The Balaban J connectivity index is 2.03. The SMILES string of the molecule is Cc1ccc(SCC(O)c2ccccc2OC(C)C)cc1. The molecule has 2 aromatic carbocycles. The van der Waals surface area contributed by atoms with Crippen LogP contribution < -0.4 is 4.74 Å². The van der Waals surface area contributed by atoms with Crippen molar-refractivity contribution in [2.45, 2.75) is 37.9 Å². The van der Waals surface area contributed by atoms with Crippen LogP contribution >= 0.6 is 11.8 Å². The maximum atomic E-state index is 10.4. The lowest BCUT2D eigenvalue weighted by Crippen LogP contribution is -2.10. The molecule has 0 fully saturated rings. The Morgan fingerprint density at radius 3 is 2.38 bits per heavy atom. The van der Waals surface area contributed by atoms with Gasteiger partial charge in [-0.1, -0.05) is 35.9 Å². The Morgan fingerprint density at radius 1 is 1.05 bits per heavy atom. The zero-order chi connectivity index (χ0) is 15.2. The third-order valence-corrected chi connectivity index (χ3v) is 4.16. The molecule has 1 atom stereocenters. The molecule has 0 amide bonds. The summed E-state index contributed by atoms with van der Waals surface area (Å²) in [7, 11) is 0. The number of para-hydroxylation sites is 1. The van der Waals surface area contributed by atoms with Crippen LogP contribution in [0.15, 0.2) is 53.4 Å². The molecular weight excluding hydrogens is 280 g/mol. The molecule has 2 nitrogen and oxygen atoms in total. The first-order valence-corrected chi connectivity index (χ1v) is 8.18. The minimum atomic E-state index is -0.536. The number of thioether (sulfide) groups is 1. The highest BCUT2D eigenvalue weighted by atomic mass is 32.2. The fourth-order valence-corrected chi connectivity index (χ4v) is 2.87. The second-order valence-corrected chi connectivity index (χ2v) is 6.44. The van der Waals surface area contributed by atoms with Gasteiger partial charge in [-0.05, 0) is 39.0 Å². The molecule has 2 aromatic rings. The van der Waals surface area contributed by atoms with E-state index in [0.29, 0.717) is 5.75 Å². The van der Waals surface area contributed by atoms with Crippen LogP contribution in [-0.4, -0.2) is 17.0 Å². The summed E-state index contributed by atoms with van der Waals surface area (Å²) in [5.74, 6) is 1.38. The quantitative estimate of drug-likeness (QED) is 0.790. The van der Waals surface area contributed by atoms with Gasteiger partial charge in [0.25, 0.3) is 0 Å². The van der Waals surface area contributed by atoms with Gasteiger partial charge in [0.1, 0.15) is 5.75 Å². The second kappa shape index (κ2) is 7.53. The molecule has 0 aromatic heterocycles. The lowest BCUT2D eigenvalue weighted by atomic mass is 10.1. The van der Waals surface area contributed by atoms with Gasteiger partial charge in [0, 0.05) is 16.2 Å². The largest absolute Gasteiger partial charge is 0.491 e. The van der Waals surface area contributed by atoms with E-state index in [2.05, 4.69) is 31.2 Å². The number of ether oxygens (including phenoxy) is 1. The summed E-state index contributed by atoms with van der Waals surface area (Å²) >= 11 is 1.65. The Morgan fingerprint density at radius 2 is 1.71 bits per heavy atom. The van der Waals surface area contributed by atoms with Crippen LogP contribution in [0.4, 0.5) is 0 Å². The third-order valence-electron chi connectivity index (χ3n) is 3.07. The molecule has 0 saturated carbocycles. The molecule has 0 saturated heterocycles. The number of aliphatic hydroxyl groups is 1. The summed E-state index contributed by atoms with van der Waals surface area (Å²) in [6.07, 6.45) is -0.436. The van der Waals surface area contributed by atoms with Crippen LogP contribution in [0.1, 0.15) is 31.1 Å². The van der Waals surface area contributed by atoms with Crippen LogP contribution in [-0.2, 0) is 0 Å². The fourth-order valence-electron chi connectivity index (χ4n) is 2.02. The first-order valence-electron chi connectivity index (χ1n) is 7.19. The standard InChI is InChI=1S/C18H22O2S/c1-13(2)20-18-7-5-4-6-16(18)17(19)12-21-15-10-8-14(3)9-11-15/h4-11,13,17,19H,12H2,1-3H3. The van der Waals surface area contributed by atoms with Crippen molar-refractivity contribution in [3.05, 3.63) is 59.7 Å². The van der Waals surface area contributed by atoms with Crippen molar-refractivity contribution in [2.24, 2.45) is 0 Å². The second-order valence-electron chi connectivity index (χ2n) is 5.34. The number of hydrogen-bond donors (Lipinski definition) is 1. The normalized spacial score (nSPS) is 12.4. The number of hydrogen-bond acceptors (Lipinski definition) is 3. The van der Waals surface area contributed by atoms with E-state index in [1.807, 2.05) is 38.1 Å². The Hall–Kier alpha value is -1.45. The van der Waals surface area contributed by atoms with Crippen molar-refractivity contribution in [1.29, 1.82) is 0 Å². The number of aliphatic hydroxyl groups excluding tert-OH is 1. The molecule has 0 bridgehead atoms. The highest BCUT2D eigenvalue weighted by Gasteiger charge is 2.14. The highest BCUT2D eigenvalue weighted by molar-refractivity contribution is 7.99. The average Bonchev–Trinajstić information content (AvgIpc) is 2.46. The number of benzene rings is 2. The molecule has 2 rings (SSSR count). The monoisotopic (exact) mass is 302 g/mol. The average molecular weight is 302 g/mol. The summed E-state index contributed by atoms with van der Waals surface area (Å²) in [6.45, 7) is 6.05. The number of aryl methyl sites for hydroxylation is 1. The lowest BCUT2D eigenvalue weighted by molar-refractivity contribution is 0.186. The molecule has 21 heavy (non-hydrogen) atoms. The Bertz CT molecular complexity index is 564. The Labute approximate surface area is 131 Å². The maximum absolute atomic E-state index is 10.4. The molecule has 0 aliphatic carbocycles. The third kappa shape index (κ3) is 4.80. The van der Waals surface area contributed by atoms with E-state index in [4.69, 9.17) is 4.74 Å². The molecule has 0 spiro atoms. The first-order chi connectivity index (χ1) is 10.1. The van der Waals surface area contributed by atoms with Gasteiger partial charge < -0.3 is 9.84 Å². The smallest absolute Gasteiger partial charge is 0.125 e. The van der Waals surface area contributed by atoms with Crippen molar-refractivity contribution in [2.75, 3.05) is 5.75 Å². The van der Waals surface area contributed by atoms with Gasteiger partial charge in [0.15, 0.2) is 0 Å². The Kier molecular flexibility index (Phi) is 5.71. The molecule has 0 radical (unpaired) electrons. The van der Waals surface area contributed by atoms with E-state index in [1.165, 1.54) is 10.5 Å². The van der Waals surface area contributed by atoms with Crippen LogP contribution in [0, 0.1) is 6.92 Å². The molecule has 1 unspecified atom stereocenters. The van der Waals surface area contributed by atoms with Crippen LogP contribution in [0.2, 0.25) is 0 Å². The molecule has 0 aliphatic rings. The zero-order valence-corrected chi connectivity index (χ0v) is 13.6. The number of rotatable bonds is 6. The van der Waals surface area contributed by atoms with E-state index >= 15 is 0 Å². The molecular formula is C18H22O2S. The molecule has 1 N–H and O–H groups in total. The van der Waals surface area contributed by atoms with Crippen LogP contribution in [0.5, 0.6) is 5.75 Å². The van der Waals surface area contributed by atoms with Crippen molar-refractivity contribution >= 4 is 11.8 Å². The van der Waals surface area contributed by atoms with Crippen molar-refractivity contribution in [3.8, 4) is 5.75 Å². The van der Waals surface area contributed by atoms with Gasteiger partial charge in [-0.2, -0.15) is 0 Å². The predicted octanol–water partition coefficient (Wildman–Crippen LogP) is 4.61. The van der Waals surface area contributed by atoms with E-state index in [9.17, 15) is 5.11 Å². The summed E-state index contributed by atoms with van der Waals surface area (Å²) < 4.78 is 5.76. The van der Waals surface area contributed by atoms with E-state index in [-0.39, 0.29) is 6.10 Å². The van der Waals surface area contributed by atoms with Gasteiger partial charge in [-0.3, -0.25) is 0 Å². The minimum absolute atomic E-state index is 0.100. The summed E-state index contributed by atoms with van der Waals surface area (Å²) in [5.41, 5.74) is 2.10. The molecule has 0 heterocycles. The summed E-state index contributed by atoms with van der Waals surface area (Å²) in [6, 6.07) is 16.1. The molecule has 0 aliphatic heterocycles. The maximum Gasteiger partial charge on any atom is 0.125 e. The highest BCUT2D eigenvalue weighted by Crippen LogP contribution is 2.30. The lowest BCUT2D eigenvalue weighted by Gasteiger charge is -2.17.